The van der Waals surface area contributed by atoms with Gasteiger partial charge in [-0.1, -0.05) is 41.4 Å². The Hall–Kier alpha value is -2.19. The second-order valence-corrected chi connectivity index (χ2v) is 7.61. The van der Waals surface area contributed by atoms with E-state index in [0.717, 1.165) is 10.1 Å². The highest BCUT2D eigenvalue weighted by Crippen LogP contribution is 2.36. The highest BCUT2D eigenvalue weighted by molar-refractivity contribution is 7.80. The van der Waals surface area contributed by atoms with E-state index in [9.17, 15) is 9.59 Å². The third-order valence-electron chi connectivity index (χ3n) is 3.61. The number of fused-ring (bicyclic) bond motifs is 1. The molecule has 0 spiro atoms. The summed E-state index contributed by atoms with van der Waals surface area (Å²) in [5, 5.41) is 7.06. The van der Waals surface area contributed by atoms with Gasteiger partial charge in [-0.15, -0.1) is 11.3 Å². The number of methoxy groups -OCH3 is 1. The van der Waals surface area contributed by atoms with E-state index in [1.165, 1.54) is 18.4 Å². The minimum absolute atomic E-state index is 0.0305. The van der Waals surface area contributed by atoms with E-state index in [0.29, 0.717) is 26.2 Å². The van der Waals surface area contributed by atoms with Crippen LogP contribution in [0.2, 0.25) is 10.0 Å². The molecule has 0 unspecified atom stereocenters. The lowest BCUT2D eigenvalue weighted by atomic mass is 10.2. The summed E-state index contributed by atoms with van der Waals surface area (Å²) in [4.78, 5) is 24.7. The van der Waals surface area contributed by atoms with Crippen LogP contribution in [0.4, 0.5) is 5.69 Å². The van der Waals surface area contributed by atoms with Crippen LogP contribution in [-0.4, -0.2) is 24.1 Å². The quantitative estimate of drug-likeness (QED) is 0.438. The molecule has 5 nitrogen and oxygen atoms in total. The van der Waals surface area contributed by atoms with Crippen LogP contribution in [0.1, 0.15) is 20.0 Å². The Labute approximate surface area is 174 Å². The van der Waals surface area contributed by atoms with Gasteiger partial charge in [-0.25, -0.2) is 4.79 Å². The van der Waals surface area contributed by atoms with Gasteiger partial charge in [0.15, 0.2) is 5.11 Å². The van der Waals surface area contributed by atoms with Crippen LogP contribution in [0.5, 0.6) is 0 Å². The molecule has 0 atom stereocenters. The average molecular weight is 439 g/mol. The summed E-state index contributed by atoms with van der Waals surface area (Å²) in [5.41, 5.74) is 0.718. The van der Waals surface area contributed by atoms with Gasteiger partial charge in [0.1, 0.15) is 4.88 Å². The maximum atomic E-state index is 12.6. The van der Waals surface area contributed by atoms with Crippen molar-refractivity contribution in [3.63, 3.8) is 0 Å². The number of benzene rings is 2. The molecule has 3 rings (SSSR count). The third kappa shape index (κ3) is 4.22. The Morgan fingerprint density at radius 1 is 1.15 bits per heavy atom. The zero-order valence-electron chi connectivity index (χ0n) is 13.8. The van der Waals surface area contributed by atoms with Crippen LogP contribution in [0.3, 0.4) is 0 Å². The number of rotatable bonds is 3. The van der Waals surface area contributed by atoms with Crippen LogP contribution >= 0.6 is 46.8 Å². The minimum atomic E-state index is -0.517. The first-order valence-electron chi connectivity index (χ1n) is 7.58. The molecule has 0 aliphatic rings. The number of anilines is 1. The van der Waals surface area contributed by atoms with E-state index < -0.39 is 11.9 Å². The molecule has 0 bridgehead atoms. The van der Waals surface area contributed by atoms with Crippen LogP contribution in [-0.2, 0) is 4.74 Å². The van der Waals surface area contributed by atoms with Gasteiger partial charge in [0.05, 0.1) is 23.4 Å². The number of thiocarbonyl (C=S) groups is 1. The van der Waals surface area contributed by atoms with Crippen LogP contribution in [0, 0.1) is 0 Å². The number of amides is 1. The van der Waals surface area contributed by atoms with Gasteiger partial charge in [-0.2, -0.15) is 0 Å². The van der Waals surface area contributed by atoms with Crippen molar-refractivity contribution >= 4 is 79.5 Å². The van der Waals surface area contributed by atoms with Gasteiger partial charge in [0, 0.05) is 15.1 Å². The number of esters is 1. The summed E-state index contributed by atoms with van der Waals surface area (Å²) in [6.07, 6.45) is 0. The lowest BCUT2D eigenvalue weighted by Gasteiger charge is -2.12. The molecule has 2 aromatic carbocycles. The van der Waals surface area contributed by atoms with E-state index in [1.54, 1.807) is 42.5 Å². The summed E-state index contributed by atoms with van der Waals surface area (Å²) in [6.45, 7) is 0. The summed E-state index contributed by atoms with van der Waals surface area (Å²) >= 11 is 18.7. The van der Waals surface area contributed by atoms with Gasteiger partial charge in [0.25, 0.3) is 5.91 Å². The van der Waals surface area contributed by atoms with Crippen molar-refractivity contribution in [2.45, 2.75) is 0 Å². The summed E-state index contributed by atoms with van der Waals surface area (Å²) in [5.74, 6) is -0.970. The summed E-state index contributed by atoms with van der Waals surface area (Å²) in [6, 6.07) is 11.9. The molecule has 0 radical (unpaired) electrons. The van der Waals surface area contributed by atoms with Crippen molar-refractivity contribution in [2.24, 2.45) is 0 Å². The Kier molecular flexibility index (Phi) is 5.96. The van der Waals surface area contributed by atoms with Gasteiger partial charge in [-0.3, -0.25) is 10.1 Å². The van der Waals surface area contributed by atoms with Gasteiger partial charge in [-0.05, 0) is 36.5 Å². The van der Waals surface area contributed by atoms with E-state index in [-0.39, 0.29) is 5.11 Å². The first-order chi connectivity index (χ1) is 12.9. The number of para-hydroxylation sites is 1. The molecular weight excluding hydrogens is 427 g/mol. The Bertz CT molecular complexity index is 1070. The fourth-order valence-electron chi connectivity index (χ4n) is 2.38. The fraction of sp³-hybridized carbons (Fsp3) is 0.0556. The lowest BCUT2D eigenvalue weighted by Crippen LogP contribution is -2.34. The average Bonchev–Trinajstić information content (AvgIpc) is 2.97. The SMILES string of the molecule is COC(=O)c1ccccc1NC(=S)NC(=O)c1sc2cc(Cl)ccc2c1Cl. The second kappa shape index (κ2) is 8.22. The fourth-order valence-corrected chi connectivity index (χ4v) is 4.27. The largest absolute Gasteiger partial charge is 0.465 e. The minimum Gasteiger partial charge on any atom is -0.465 e. The predicted molar refractivity (Wildman–Crippen MR) is 113 cm³/mol. The number of nitrogens with one attached hydrogen (secondary N) is 2. The molecule has 1 heterocycles. The van der Waals surface area contributed by atoms with Crippen molar-refractivity contribution in [2.75, 3.05) is 12.4 Å². The van der Waals surface area contributed by atoms with E-state index in [4.69, 9.17) is 40.2 Å². The van der Waals surface area contributed by atoms with Gasteiger partial charge < -0.3 is 10.1 Å². The van der Waals surface area contributed by atoms with E-state index in [1.807, 2.05) is 0 Å². The number of halogens is 2. The number of ether oxygens (including phenoxy) is 1. The van der Waals surface area contributed by atoms with Crippen molar-refractivity contribution in [1.29, 1.82) is 0 Å². The molecule has 0 aliphatic carbocycles. The molecule has 3 aromatic rings. The molecule has 2 N–H and O–H groups in total. The zero-order valence-corrected chi connectivity index (χ0v) is 17.0. The van der Waals surface area contributed by atoms with E-state index in [2.05, 4.69) is 10.6 Å². The Balaban J connectivity index is 1.78. The highest BCUT2D eigenvalue weighted by Gasteiger charge is 2.19. The van der Waals surface area contributed by atoms with Crippen LogP contribution in [0.15, 0.2) is 42.5 Å². The maximum Gasteiger partial charge on any atom is 0.339 e. The van der Waals surface area contributed by atoms with Crippen molar-refractivity contribution < 1.29 is 14.3 Å². The molecule has 9 heteroatoms. The normalized spacial score (nSPS) is 10.5. The zero-order chi connectivity index (χ0) is 19.6. The Morgan fingerprint density at radius 2 is 1.89 bits per heavy atom. The number of thiophene rings is 1. The summed E-state index contributed by atoms with van der Waals surface area (Å²) < 4.78 is 5.53. The van der Waals surface area contributed by atoms with Crippen molar-refractivity contribution in [3.05, 3.63) is 63.0 Å². The lowest BCUT2D eigenvalue weighted by molar-refractivity contribution is 0.0602. The van der Waals surface area contributed by atoms with Crippen LogP contribution in [0.25, 0.3) is 10.1 Å². The summed E-state index contributed by atoms with van der Waals surface area (Å²) in [7, 11) is 1.29. The molecule has 0 fully saturated rings. The number of carbonyl (C=O) groups excluding carboxylic acids is 2. The van der Waals surface area contributed by atoms with E-state index >= 15 is 0 Å². The van der Waals surface area contributed by atoms with Crippen molar-refractivity contribution in [3.8, 4) is 0 Å². The Morgan fingerprint density at radius 3 is 2.63 bits per heavy atom. The molecular formula is C18H12Cl2N2O3S2. The predicted octanol–water partition coefficient (Wildman–Crippen LogP) is 5.12. The molecule has 0 saturated carbocycles. The number of hydrogen-bond donors (Lipinski definition) is 2. The smallest absolute Gasteiger partial charge is 0.339 e. The molecule has 138 valence electrons. The van der Waals surface area contributed by atoms with Crippen LogP contribution < -0.4 is 10.6 Å². The first-order valence-corrected chi connectivity index (χ1v) is 9.56. The topological polar surface area (TPSA) is 67.4 Å². The standard InChI is InChI=1S/C18H12Cl2N2O3S2/c1-25-17(24)10-4-2-3-5-12(10)21-18(26)22-16(23)15-14(20)11-7-6-9(19)8-13(11)27-15/h2-8H,1H3,(H2,21,22,23,26). The monoisotopic (exact) mass is 438 g/mol. The van der Waals surface area contributed by atoms with Gasteiger partial charge in [0.2, 0.25) is 0 Å². The molecule has 0 saturated heterocycles. The highest BCUT2D eigenvalue weighted by atomic mass is 35.5. The van der Waals surface area contributed by atoms with Gasteiger partial charge >= 0.3 is 5.97 Å². The molecule has 1 aromatic heterocycles. The maximum absolute atomic E-state index is 12.6. The number of carbonyl (C=O) groups is 2. The second-order valence-electron chi connectivity index (χ2n) is 5.33. The van der Waals surface area contributed by atoms with Crippen molar-refractivity contribution in [1.82, 2.24) is 5.32 Å². The first kappa shape index (κ1) is 19.6. The molecule has 27 heavy (non-hydrogen) atoms. The third-order valence-corrected chi connectivity index (χ3v) is 5.70. The molecule has 0 aliphatic heterocycles. The molecule has 1 amide bonds. The number of hydrogen-bond acceptors (Lipinski definition) is 5.